The number of carbonyl (C=O) groups excluding carboxylic acids is 2. The monoisotopic (exact) mass is 214 g/mol. The number of carboxylic acid groups (broad SMARTS) is 1. The van der Waals surface area contributed by atoms with Crippen LogP contribution in [0.15, 0.2) is 0 Å². The zero-order valence-electron chi connectivity index (χ0n) is 9.33. The number of carboxylic acids is 1. The van der Waals surface area contributed by atoms with Crippen LogP contribution in [0.4, 0.5) is 0 Å². The molecule has 0 bridgehead atoms. The third-order valence-corrected chi connectivity index (χ3v) is 2.02. The van der Waals surface area contributed by atoms with Crippen molar-refractivity contribution in [2.45, 2.75) is 33.7 Å². The van der Waals surface area contributed by atoms with E-state index in [1.54, 1.807) is 27.1 Å². The van der Waals surface area contributed by atoms with Crippen molar-refractivity contribution in [2.24, 2.45) is 11.3 Å². The molecule has 0 saturated carbocycles. The second-order valence-electron chi connectivity index (χ2n) is 4.48. The molecule has 5 nitrogen and oxygen atoms in total. The maximum atomic E-state index is 11.0. The first-order valence-corrected chi connectivity index (χ1v) is 4.57. The van der Waals surface area contributed by atoms with E-state index in [2.05, 4.69) is 5.32 Å². The molecule has 85 valence electrons. The molecule has 0 aliphatic carbocycles. The van der Waals surface area contributed by atoms with E-state index in [-0.39, 0.29) is 0 Å². The molecule has 0 saturated heterocycles. The summed E-state index contributed by atoms with van der Waals surface area (Å²) in [6.45, 7) is 6.31. The standard InChI is InChI=1S/C10H16NO4/c1-6(13)11-7(5-12)8(9(14)15)10(2,3)4/h7-8H,1-4H3,(H,11,13)(H,14,15)/t7-,8?/m1/s1. The Morgan fingerprint density at radius 3 is 2.00 bits per heavy atom. The minimum atomic E-state index is -1.12. The van der Waals surface area contributed by atoms with Gasteiger partial charge in [-0.1, -0.05) is 20.8 Å². The quantitative estimate of drug-likeness (QED) is 0.707. The maximum absolute atomic E-state index is 11.0. The summed E-state index contributed by atoms with van der Waals surface area (Å²) in [5, 5.41) is 11.3. The minimum absolute atomic E-state index is 0.446. The van der Waals surface area contributed by atoms with E-state index in [0.29, 0.717) is 0 Å². The highest BCUT2D eigenvalue weighted by Gasteiger charge is 2.39. The minimum Gasteiger partial charge on any atom is -0.481 e. The van der Waals surface area contributed by atoms with Crippen molar-refractivity contribution < 1.29 is 19.5 Å². The fourth-order valence-electron chi connectivity index (χ4n) is 1.41. The lowest BCUT2D eigenvalue weighted by Gasteiger charge is -2.30. The van der Waals surface area contributed by atoms with Gasteiger partial charge in [-0.05, 0) is 5.41 Å². The van der Waals surface area contributed by atoms with Crippen molar-refractivity contribution in [1.29, 1.82) is 0 Å². The summed E-state index contributed by atoms with van der Waals surface area (Å²) >= 11 is 0. The molecule has 0 heterocycles. The lowest BCUT2D eigenvalue weighted by atomic mass is 9.76. The SMILES string of the molecule is CC(=O)N[C@H]([C]=O)C(C(=O)O)C(C)(C)C. The van der Waals surface area contributed by atoms with E-state index in [1.807, 2.05) is 0 Å². The Hall–Kier alpha value is -1.39. The van der Waals surface area contributed by atoms with Crippen LogP contribution in [0, 0.1) is 11.3 Å². The largest absolute Gasteiger partial charge is 0.481 e. The third-order valence-electron chi connectivity index (χ3n) is 2.02. The molecule has 2 atom stereocenters. The molecule has 1 unspecified atom stereocenters. The topological polar surface area (TPSA) is 83.5 Å². The van der Waals surface area contributed by atoms with Gasteiger partial charge in [-0.2, -0.15) is 0 Å². The van der Waals surface area contributed by atoms with Crippen LogP contribution in [0.25, 0.3) is 0 Å². The summed E-state index contributed by atoms with van der Waals surface area (Å²) in [6, 6.07) is -1.11. The molecule has 0 rings (SSSR count). The molecule has 0 spiro atoms. The zero-order chi connectivity index (χ0) is 12.2. The van der Waals surface area contributed by atoms with Crippen molar-refractivity contribution in [2.75, 3.05) is 0 Å². The lowest BCUT2D eigenvalue weighted by molar-refractivity contribution is -0.146. The average molecular weight is 214 g/mol. The number of nitrogens with one attached hydrogen (secondary N) is 1. The molecular formula is C10H16NO4. The summed E-state index contributed by atoms with van der Waals surface area (Å²) in [7, 11) is 0. The Bertz CT molecular complexity index is 267. The smallest absolute Gasteiger partial charge is 0.309 e. The van der Waals surface area contributed by atoms with Crippen molar-refractivity contribution in [3.8, 4) is 0 Å². The number of hydrogen-bond acceptors (Lipinski definition) is 3. The van der Waals surface area contributed by atoms with Crippen LogP contribution in [-0.2, 0) is 14.4 Å². The van der Waals surface area contributed by atoms with Gasteiger partial charge < -0.3 is 10.4 Å². The summed E-state index contributed by atoms with van der Waals surface area (Å²) in [4.78, 5) is 32.4. The van der Waals surface area contributed by atoms with Gasteiger partial charge in [0, 0.05) is 6.92 Å². The van der Waals surface area contributed by atoms with Crippen LogP contribution < -0.4 is 5.32 Å². The molecule has 0 aromatic rings. The van der Waals surface area contributed by atoms with E-state index in [1.165, 1.54) is 6.92 Å². The Morgan fingerprint density at radius 1 is 1.33 bits per heavy atom. The highest BCUT2D eigenvalue weighted by Crippen LogP contribution is 2.28. The van der Waals surface area contributed by atoms with Crippen LogP contribution in [0.2, 0.25) is 0 Å². The Morgan fingerprint density at radius 2 is 1.80 bits per heavy atom. The highest BCUT2D eigenvalue weighted by atomic mass is 16.4. The summed E-state index contributed by atoms with van der Waals surface area (Å²) in [5.41, 5.74) is -0.629. The van der Waals surface area contributed by atoms with E-state index < -0.39 is 29.3 Å². The molecule has 0 fully saturated rings. The van der Waals surface area contributed by atoms with Crippen molar-refractivity contribution >= 4 is 18.2 Å². The molecule has 5 heteroatoms. The van der Waals surface area contributed by atoms with E-state index in [0.717, 1.165) is 0 Å². The Labute approximate surface area is 88.9 Å². The van der Waals surface area contributed by atoms with E-state index >= 15 is 0 Å². The molecule has 0 aromatic heterocycles. The number of carbonyl (C=O) groups is 2. The number of amides is 1. The van der Waals surface area contributed by atoms with Crippen molar-refractivity contribution in [3.63, 3.8) is 0 Å². The van der Waals surface area contributed by atoms with Crippen LogP contribution in [0.3, 0.4) is 0 Å². The van der Waals surface area contributed by atoms with Crippen molar-refractivity contribution in [3.05, 3.63) is 0 Å². The fraction of sp³-hybridized carbons (Fsp3) is 0.700. The molecule has 1 radical (unpaired) electrons. The van der Waals surface area contributed by atoms with Gasteiger partial charge in [-0.15, -0.1) is 0 Å². The van der Waals surface area contributed by atoms with Gasteiger partial charge in [-0.25, -0.2) is 0 Å². The van der Waals surface area contributed by atoms with Crippen LogP contribution in [-0.4, -0.2) is 29.3 Å². The van der Waals surface area contributed by atoms with Gasteiger partial charge in [0.15, 0.2) is 0 Å². The normalized spacial score (nSPS) is 15.2. The zero-order valence-corrected chi connectivity index (χ0v) is 9.33. The summed E-state index contributed by atoms with van der Waals surface area (Å²) < 4.78 is 0. The van der Waals surface area contributed by atoms with Gasteiger partial charge in [-0.3, -0.25) is 14.4 Å². The predicted octanol–water partition coefficient (Wildman–Crippen LogP) is 0.348. The second kappa shape index (κ2) is 4.91. The molecule has 1 amide bonds. The fourth-order valence-corrected chi connectivity index (χ4v) is 1.41. The van der Waals surface area contributed by atoms with Gasteiger partial charge in [0.25, 0.3) is 0 Å². The van der Waals surface area contributed by atoms with Crippen LogP contribution in [0.1, 0.15) is 27.7 Å². The molecule has 0 aliphatic heterocycles. The first-order chi connectivity index (χ1) is 6.70. The van der Waals surface area contributed by atoms with Gasteiger partial charge in [0.05, 0.1) is 5.92 Å². The van der Waals surface area contributed by atoms with Gasteiger partial charge >= 0.3 is 5.97 Å². The van der Waals surface area contributed by atoms with E-state index in [4.69, 9.17) is 5.11 Å². The third kappa shape index (κ3) is 4.10. The van der Waals surface area contributed by atoms with Crippen LogP contribution in [0.5, 0.6) is 0 Å². The highest BCUT2D eigenvalue weighted by molar-refractivity contribution is 5.83. The maximum Gasteiger partial charge on any atom is 0.309 e. The number of rotatable bonds is 4. The molecule has 0 aliphatic rings. The molecule has 15 heavy (non-hydrogen) atoms. The Balaban J connectivity index is 4.95. The first kappa shape index (κ1) is 13.6. The molecule has 0 aromatic carbocycles. The number of hydrogen-bond donors (Lipinski definition) is 2. The summed E-state index contributed by atoms with van der Waals surface area (Å²) in [6.07, 6.45) is 1.56. The van der Waals surface area contributed by atoms with Gasteiger partial charge in [0.2, 0.25) is 12.2 Å². The average Bonchev–Trinajstić information content (AvgIpc) is 1.98. The van der Waals surface area contributed by atoms with Crippen LogP contribution >= 0.6 is 0 Å². The summed E-state index contributed by atoms with van der Waals surface area (Å²) in [5.74, 6) is -2.55. The van der Waals surface area contributed by atoms with Gasteiger partial charge in [0.1, 0.15) is 6.04 Å². The van der Waals surface area contributed by atoms with Crippen molar-refractivity contribution in [1.82, 2.24) is 5.32 Å². The molecular weight excluding hydrogens is 198 g/mol. The first-order valence-electron chi connectivity index (χ1n) is 4.57. The Kier molecular flexibility index (Phi) is 4.45. The number of aliphatic carboxylic acids is 1. The lowest BCUT2D eigenvalue weighted by Crippen LogP contribution is -2.48. The second-order valence-corrected chi connectivity index (χ2v) is 4.48. The molecule has 2 N–H and O–H groups in total. The predicted molar refractivity (Wildman–Crippen MR) is 53.9 cm³/mol. The van der Waals surface area contributed by atoms with E-state index in [9.17, 15) is 14.4 Å².